The topological polar surface area (TPSA) is 125 Å². The second kappa shape index (κ2) is 6.53. The van der Waals surface area contributed by atoms with E-state index in [0.717, 1.165) is 0 Å². The molecule has 3 unspecified atom stereocenters. The zero-order valence-corrected chi connectivity index (χ0v) is 14.8. The van der Waals surface area contributed by atoms with Crippen molar-refractivity contribution in [2.45, 2.75) is 31.8 Å². The van der Waals surface area contributed by atoms with Gasteiger partial charge in [0.1, 0.15) is 0 Å². The van der Waals surface area contributed by atoms with Crippen LogP contribution >= 0.6 is 0 Å². The normalized spacial score (nSPS) is 24.8. The number of phenols is 1. The van der Waals surface area contributed by atoms with Gasteiger partial charge in [-0.15, -0.1) is 0 Å². The van der Waals surface area contributed by atoms with Gasteiger partial charge in [-0.05, 0) is 31.5 Å². The number of hydrogen-bond donors (Lipinski definition) is 4. The van der Waals surface area contributed by atoms with Crippen LogP contribution in [-0.2, 0) is 16.0 Å². The molecule has 1 heterocycles. The highest BCUT2D eigenvalue weighted by molar-refractivity contribution is 5.77. The summed E-state index contributed by atoms with van der Waals surface area (Å²) in [5, 5.41) is 26.2. The quantitative estimate of drug-likeness (QED) is 0.602. The van der Waals surface area contributed by atoms with Crippen LogP contribution < -0.4 is 10.3 Å². The highest BCUT2D eigenvalue weighted by Crippen LogP contribution is 2.45. The molecule has 0 radical (unpaired) electrons. The fourth-order valence-electron chi connectivity index (χ4n) is 3.73. The lowest BCUT2D eigenvalue weighted by molar-refractivity contribution is -0.159. The van der Waals surface area contributed by atoms with Crippen LogP contribution in [0.4, 0.5) is 0 Å². The van der Waals surface area contributed by atoms with Crippen molar-refractivity contribution < 1.29 is 24.5 Å². The maximum absolute atomic E-state index is 12.7. The molecule has 0 fully saturated rings. The van der Waals surface area contributed by atoms with Crippen LogP contribution in [0.1, 0.15) is 36.6 Å². The van der Waals surface area contributed by atoms with Crippen molar-refractivity contribution in [1.29, 1.82) is 0 Å². The van der Waals surface area contributed by atoms with Crippen LogP contribution in [0.2, 0.25) is 0 Å². The molecular formula is C18H22N2O6. The van der Waals surface area contributed by atoms with Gasteiger partial charge in [0.15, 0.2) is 11.5 Å². The van der Waals surface area contributed by atoms with Crippen LogP contribution in [0, 0.1) is 5.92 Å². The predicted molar refractivity (Wildman–Crippen MR) is 92.4 cm³/mol. The van der Waals surface area contributed by atoms with Gasteiger partial charge in [-0.25, -0.2) is 0 Å². The van der Waals surface area contributed by atoms with E-state index in [9.17, 15) is 19.8 Å². The van der Waals surface area contributed by atoms with E-state index in [-0.39, 0.29) is 30.1 Å². The molecule has 8 nitrogen and oxygen atoms in total. The first-order valence-corrected chi connectivity index (χ1v) is 8.35. The number of aliphatic hydroxyl groups is 1. The number of phenolic OH excluding ortho intramolecular Hbond substituents is 1. The summed E-state index contributed by atoms with van der Waals surface area (Å²) in [6, 6.07) is 4.59. The molecule has 0 saturated carbocycles. The number of fused-ring (bicyclic) bond motifs is 1. The van der Waals surface area contributed by atoms with Crippen molar-refractivity contribution in [3.63, 3.8) is 0 Å². The first kappa shape index (κ1) is 18.1. The Kier molecular flexibility index (Phi) is 4.53. The maximum atomic E-state index is 12.7. The Labute approximate surface area is 149 Å². The lowest BCUT2D eigenvalue weighted by atomic mass is 9.66. The van der Waals surface area contributed by atoms with E-state index in [1.54, 1.807) is 26.0 Å². The van der Waals surface area contributed by atoms with Crippen LogP contribution in [0.25, 0.3) is 0 Å². The number of aromatic amines is 2. The summed E-state index contributed by atoms with van der Waals surface area (Å²) in [4.78, 5) is 25.1. The Hall–Kier alpha value is -2.74. The van der Waals surface area contributed by atoms with E-state index < -0.39 is 23.4 Å². The molecule has 26 heavy (non-hydrogen) atoms. The first-order chi connectivity index (χ1) is 12.3. The number of ether oxygens (including phenoxy) is 2. The van der Waals surface area contributed by atoms with Gasteiger partial charge >= 0.3 is 5.97 Å². The number of aromatic hydroxyl groups is 1. The van der Waals surface area contributed by atoms with Crippen LogP contribution in [0.3, 0.4) is 0 Å². The van der Waals surface area contributed by atoms with Gasteiger partial charge in [0.2, 0.25) is 0 Å². The number of esters is 1. The minimum absolute atomic E-state index is 0.0605. The Morgan fingerprint density at radius 1 is 1.38 bits per heavy atom. The summed E-state index contributed by atoms with van der Waals surface area (Å²) in [6.45, 7) is 3.39. The van der Waals surface area contributed by atoms with Crippen LogP contribution in [0.15, 0.2) is 23.0 Å². The Morgan fingerprint density at radius 3 is 2.77 bits per heavy atom. The summed E-state index contributed by atoms with van der Waals surface area (Å²) in [5.41, 5.74) is -0.314. The molecule has 0 saturated heterocycles. The van der Waals surface area contributed by atoms with Crippen molar-refractivity contribution >= 4 is 5.97 Å². The van der Waals surface area contributed by atoms with E-state index in [4.69, 9.17) is 9.47 Å². The van der Waals surface area contributed by atoms with Gasteiger partial charge in [-0.1, -0.05) is 6.07 Å². The standard InChI is InChI=1S/C18H22N2O6/c1-4-26-17(23)15-13(9-5-6-11(21)12(7-9)25-3)14-10(8-18(15,2)24)19-20-16(14)22/h5-7,13,15,21,24H,4,8H2,1-3H3,(H2,19,20,22). The molecule has 1 aliphatic carbocycles. The van der Waals surface area contributed by atoms with Gasteiger partial charge in [0.25, 0.3) is 5.56 Å². The smallest absolute Gasteiger partial charge is 0.312 e. The second-order valence-corrected chi connectivity index (χ2v) is 6.64. The average Bonchev–Trinajstić information content (AvgIpc) is 2.93. The summed E-state index contributed by atoms with van der Waals surface area (Å²) < 4.78 is 10.3. The average molecular weight is 362 g/mol. The molecule has 0 bridgehead atoms. The number of methoxy groups -OCH3 is 1. The minimum Gasteiger partial charge on any atom is -0.504 e. The summed E-state index contributed by atoms with van der Waals surface area (Å²) in [5.74, 6) is -2.17. The van der Waals surface area contributed by atoms with Gasteiger partial charge in [-0.3, -0.25) is 14.7 Å². The van der Waals surface area contributed by atoms with Gasteiger partial charge in [0, 0.05) is 23.6 Å². The third kappa shape index (κ3) is 2.86. The number of carbonyl (C=O) groups is 1. The summed E-state index contributed by atoms with van der Waals surface area (Å²) in [7, 11) is 1.41. The van der Waals surface area contributed by atoms with Gasteiger partial charge in [-0.2, -0.15) is 0 Å². The highest BCUT2D eigenvalue weighted by Gasteiger charge is 2.51. The molecule has 4 N–H and O–H groups in total. The van der Waals surface area contributed by atoms with E-state index in [2.05, 4.69) is 10.2 Å². The van der Waals surface area contributed by atoms with Crippen molar-refractivity contribution in [3.05, 3.63) is 45.4 Å². The van der Waals surface area contributed by atoms with E-state index in [0.29, 0.717) is 16.8 Å². The van der Waals surface area contributed by atoms with Crippen molar-refractivity contribution in [3.8, 4) is 11.5 Å². The number of H-pyrrole nitrogens is 2. The maximum Gasteiger partial charge on any atom is 0.312 e. The largest absolute Gasteiger partial charge is 0.504 e. The van der Waals surface area contributed by atoms with Crippen molar-refractivity contribution in [2.75, 3.05) is 13.7 Å². The van der Waals surface area contributed by atoms with Gasteiger partial charge in [0.05, 0.1) is 25.2 Å². The fraction of sp³-hybridized carbons (Fsp3) is 0.444. The molecule has 140 valence electrons. The molecule has 2 aromatic rings. The Balaban J connectivity index is 2.23. The zero-order chi connectivity index (χ0) is 19.1. The van der Waals surface area contributed by atoms with E-state index in [1.165, 1.54) is 13.2 Å². The first-order valence-electron chi connectivity index (χ1n) is 8.35. The molecule has 0 spiro atoms. The number of carbonyl (C=O) groups excluding carboxylic acids is 1. The molecule has 1 aliphatic rings. The highest BCUT2D eigenvalue weighted by atomic mass is 16.5. The summed E-state index contributed by atoms with van der Waals surface area (Å²) >= 11 is 0. The molecule has 3 atom stereocenters. The predicted octanol–water partition coefficient (Wildman–Crippen LogP) is 1.04. The molecule has 1 aromatic carbocycles. The second-order valence-electron chi connectivity index (χ2n) is 6.64. The molecule has 1 aromatic heterocycles. The van der Waals surface area contributed by atoms with Crippen LogP contribution in [-0.4, -0.2) is 45.7 Å². The van der Waals surface area contributed by atoms with E-state index in [1.807, 2.05) is 0 Å². The monoisotopic (exact) mass is 362 g/mol. The number of aromatic nitrogens is 2. The van der Waals surface area contributed by atoms with Crippen molar-refractivity contribution in [2.24, 2.45) is 5.92 Å². The third-order valence-electron chi connectivity index (χ3n) is 4.85. The van der Waals surface area contributed by atoms with E-state index >= 15 is 0 Å². The zero-order valence-electron chi connectivity index (χ0n) is 14.8. The Bertz CT molecular complexity index is 882. The lowest BCUT2D eigenvalue weighted by Gasteiger charge is -2.40. The van der Waals surface area contributed by atoms with Crippen molar-refractivity contribution in [1.82, 2.24) is 10.2 Å². The number of nitrogens with one attached hydrogen (secondary N) is 2. The van der Waals surface area contributed by atoms with Gasteiger partial charge < -0.3 is 24.8 Å². The van der Waals surface area contributed by atoms with Crippen LogP contribution in [0.5, 0.6) is 11.5 Å². The summed E-state index contributed by atoms with van der Waals surface area (Å²) in [6.07, 6.45) is 0.107. The third-order valence-corrected chi connectivity index (χ3v) is 4.85. The lowest BCUT2D eigenvalue weighted by Crippen LogP contribution is -2.50. The molecule has 8 heteroatoms. The SMILES string of the molecule is CCOC(=O)C1C(c2ccc(O)c(OC)c2)c2c([nH][nH]c2=O)CC1(C)O. The minimum atomic E-state index is -1.43. The molecule has 0 amide bonds. The Morgan fingerprint density at radius 2 is 2.12 bits per heavy atom. The molecular weight excluding hydrogens is 340 g/mol. The molecule has 3 rings (SSSR count). The fourth-order valence-corrected chi connectivity index (χ4v) is 3.73. The molecule has 0 aliphatic heterocycles. The number of benzene rings is 1. The number of rotatable bonds is 4. The number of hydrogen-bond acceptors (Lipinski definition) is 6.